The molecule has 1 aliphatic carbocycles. The van der Waals surface area contributed by atoms with Gasteiger partial charge in [-0.1, -0.05) is 0 Å². The molecule has 1 fully saturated rings. The van der Waals surface area contributed by atoms with Gasteiger partial charge < -0.3 is 15.3 Å². The number of hydrogen-bond donors (Lipinski definition) is 2. The standard InChI is InChI=1S/C13H24N2O3/c1-9(2)15(8-7-11(16)17)12(18)14-13(3,4)10-5-6-10/h9-10H,5-8H2,1-4H3,(H,14,18)(H,16,17). The molecule has 0 heterocycles. The number of carbonyl (C=O) groups excluding carboxylic acids is 1. The van der Waals surface area contributed by atoms with Crippen molar-refractivity contribution in [3.8, 4) is 0 Å². The first-order chi connectivity index (χ1) is 8.24. The normalized spacial score (nSPS) is 15.6. The van der Waals surface area contributed by atoms with Gasteiger partial charge >= 0.3 is 12.0 Å². The van der Waals surface area contributed by atoms with Gasteiger partial charge in [0, 0.05) is 18.1 Å². The van der Waals surface area contributed by atoms with Crippen molar-refractivity contribution < 1.29 is 14.7 Å². The van der Waals surface area contributed by atoms with Crippen LogP contribution in [-0.4, -0.2) is 40.1 Å². The first-order valence-electron chi connectivity index (χ1n) is 6.54. The highest BCUT2D eigenvalue weighted by molar-refractivity contribution is 5.76. The molecule has 0 spiro atoms. The summed E-state index contributed by atoms with van der Waals surface area (Å²) in [5.74, 6) is -0.329. The van der Waals surface area contributed by atoms with Crippen molar-refractivity contribution in [1.29, 1.82) is 0 Å². The fourth-order valence-electron chi connectivity index (χ4n) is 2.06. The molecule has 0 aromatic carbocycles. The molecule has 0 aliphatic heterocycles. The van der Waals surface area contributed by atoms with Crippen molar-refractivity contribution in [3.63, 3.8) is 0 Å². The van der Waals surface area contributed by atoms with Gasteiger partial charge in [0.15, 0.2) is 0 Å². The number of carbonyl (C=O) groups is 2. The highest BCUT2D eigenvalue weighted by Gasteiger charge is 2.39. The van der Waals surface area contributed by atoms with Crippen molar-refractivity contribution in [2.75, 3.05) is 6.54 Å². The Hall–Kier alpha value is -1.26. The molecule has 0 saturated heterocycles. The smallest absolute Gasteiger partial charge is 0.318 e. The van der Waals surface area contributed by atoms with Crippen LogP contribution in [0, 0.1) is 5.92 Å². The molecule has 0 bridgehead atoms. The Morgan fingerprint density at radius 2 is 1.94 bits per heavy atom. The average Bonchev–Trinajstić information content (AvgIpc) is 2.98. The highest BCUT2D eigenvalue weighted by atomic mass is 16.4. The molecule has 1 saturated carbocycles. The van der Waals surface area contributed by atoms with E-state index >= 15 is 0 Å². The van der Waals surface area contributed by atoms with Crippen LogP contribution in [0.25, 0.3) is 0 Å². The van der Waals surface area contributed by atoms with Gasteiger partial charge in [-0.05, 0) is 46.5 Å². The predicted molar refractivity (Wildman–Crippen MR) is 69.4 cm³/mol. The van der Waals surface area contributed by atoms with Gasteiger partial charge in [0.2, 0.25) is 0 Å². The SMILES string of the molecule is CC(C)N(CCC(=O)O)C(=O)NC(C)(C)C1CC1. The quantitative estimate of drug-likeness (QED) is 0.764. The van der Waals surface area contributed by atoms with Crippen molar-refractivity contribution in [1.82, 2.24) is 10.2 Å². The molecule has 0 aromatic rings. The topological polar surface area (TPSA) is 69.6 Å². The molecule has 2 N–H and O–H groups in total. The van der Waals surface area contributed by atoms with Crippen molar-refractivity contribution in [2.45, 2.75) is 58.5 Å². The number of urea groups is 1. The summed E-state index contributed by atoms with van der Waals surface area (Å²) >= 11 is 0. The van der Waals surface area contributed by atoms with E-state index in [0.29, 0.717) is 5.92 Å². The highest BCUT2D eigenvalue weighted by Crippen LogP contribution is 2.39. The molecule has 18 heavy (non-hydrogen) atoms. The van der Waals surface area contributed by atoms with Crippen molar-refractivity contribution in [3.05, 3.63) is 0 Å². The second-order valence-electron chi connectivity index (χ2n) is 5.86. The lowest BCUT2D eigenvalue weighted by molar-refractivity contribution is -0.137. The monoisotopic (exact) mass is 256 g/mol. The van der Waals surface area contributed by atoms with E-state index in [4.69, 9.17) is 5.11 Å². The van der Waals surface area contributed by atoms with Crippen LogP contribution < -0.4 is 5.32 Å². The molecule has 1 aliphatic rings. The number of nitrogens with zero attached hydrogens (tertiary/aromatic N) is 1. The van der Waals surface area contributed by atoms with E-state index in [9.17, 15) is 9.59 Å². The van der Waals surface area contributed by atoms with Crippen molar-refractivity contribution in [2.24, 2.45) is 5.92 Å². The van der Waals surface area contributed by atoms with E-state index < -0.39 is 5.97 Å². The minimum atomic E-state index is -0.880. The summed E-state index contributed by atoms with van der Waals surface area (Å²) in [7, 11) is 0. The summed E-state index contributed by atoms with van der Waals surface area (Å²) in [6.07, 6.45) is 2.30. The molecular formula is C13H24N2O3. The lowest BCUT2D eigenvalue weighted by Crippen LogP contribution is -2.53. The van der Waals surface area contributed by atoms with Crippen LogP contribution in [0.5, 0.6) is 0 Å². The fraction of sp³-hybridized carbons (Fsp3) is 0.846. The maximum absolute atomic E-state index is 12.2. The van der Waals surface area contributed by atoms with E-state index in [2.05, 4.69) is 5.32 Å². The Labute approximate surface area is 109 Å². The summed E-state index contributed by atoms with van der Waals surface area (Å²) in [5, 5.41) is 11.7. The van der Waals surface area contributed by atoms with Crippen LogP contribution in [-0.2, 0) is 4.79 Å². The number of nitrogens with one attached hydrogen (secondary N) is 1. The second-order valence-corrected chi connectivity index (χ2v) is 5.86. The third kappa shape index (κ3) is 4.20. The van der Waals surface area contributed by atoms with Gasteiger partial charge in [-0.2, -0.15) is 0 Å². The maximum Gasteiger partial charge on any atom is 0.318 e. The Morgan fingerprint density at radius 3 is 2.33 bits per heavy atom. The largest absolute Gasteiger partial charge is 0.481 e. The van der Waals surface area contributed by atoms with Crippen molar-refractivity contribution >= 4 is 12.0 Å². The van der Waals surface area contributed by atoms with Crippen LogP contribution >= 0.6 is 0 Å². The Bertz CT molecular complexity index is 322. The fourth-order valence-corrected chi connectivity index (χ4v) is 2.06. The lowest BCUT2D eigenvalue weighted by atomic mass is 9.99. The summed E-state index contributed by atoms with van der Waals surface area (Å²) in [4.78, 5) is 24.3. The van der Waals surface area contributed by atoms with Crippen LogP contribution in [0.2, 0.25) is 0 Å². The Kier molecular flexibility index (Phi) is 4.59. The van der Waals surface area contributed by atoms with Gasteiger partial charge in [0.25, 0.3) is 0 Å². The first-order valence-corrected chi connectivity index (χ1v) is 6.54. The number of carboxylic acids is 1. The average molecular weight is 256 g/mol. The number of hydrogen-bond acceptors (Lipinski definition) is 2. The lowest BCUT2D eigenvalue weighted by Gasteiger charge is -2.33. The molecular weight excluding hydrogens is 232 g/mol. The third-order valence-electron chi connectivity index (χ3n) is 3.48. The zero-order valence-corrected chi connectivity index (χ0v) is 11.7. The molecule has 1 rings (SSSR count). The molecule has 5 heteroatoms. The molecule has 0 atom stereocenters. The molecule has 0 unspecified atom stereocenters. The molecule has 5 nitrogen and oxygen atoms in total. The van der Waals surface area contributed by atoms with Gasteiger partial charge in [-0.3, -0.25) is 4.79 Å². The Balaban J connectivity index is 2.56. The minimum absolute atomic E-state index is 0.000599. The van der Waals surface area contributed by atoms with E-state index in [-0.39, 0.29) is 30.6 Å². The second kappa shape index (κ2) is 5.59. The number of aliphatic carboxylic acids is 1. The van der Waals surface area contributed by atoms with E-state index in [1.807, 2.05) is 27.7 Å². The van der Waals surface area contributed by atoms with Gasteiger partial charge in [-0.15, -0.1) is 0 Å². The van der Waals surface area contributed by atoms with E-state index in [1.165, 1.54) is 0 Å². The summed E-state index contributed by atoms with van der Waals surface area (Å²) in [6, 6.07) is -0.164. The molecule has 0 radical (unpaired) electrons. The number of amides is 2. The van der Waals surface area contributed by atoms with E-state index in [1.54, 1.807) is 4.90 Å². The van der Waals surface area contributed by atoms with Crippen LogP contribution in [0.4, 0.5) is 4.79 Å². The maximum atomic E-state index is 12.2. The minimum Gasteiger partial charge on any atom is -0.481 e. The first kappa shape index (κ1) is 14.8. The zero-order chi connectivity index (χ0) is 13.9. The van der Waals surface area contributed by atoms with E-state index in [0.717, 1.165) is 12.8 Å². The van der Waals surface area contributed by atoms with Gasteiger partial charge in [-0.25, -0.2) is 4.79 Å². The number of carboxylic acid groups (broad SMARTS) is 1. The van der Waals surface area contributed by atoms with Crippen LogP contribution in [0.3, 0.4) is 0 Å². The number of rotatable bonds is 6. The molecule has 0 aromatic heterocycles. The van der Waals surface area contributed by atoms with Gasteiger partial charge in [0.1, 0.15) is 0 Å². The molecule has 104 valence electrons. The predicted octanol–water partition coefficient (Wildman–Crippen LogP) is 2.07. The molecule has 2 amide bonds. The Morgan fingerprint density at radius 1 is 1.39 bits per heavy atom. The van der Waals surface area contributed by atoms with Crippen LogP contribution in [0.15, 0.2) is 0 Å². The summed E-state index contributed by atoms with van der Waals surface area (Å²) in [5.41, 5.74) is -0.201. The summed E-state index contributed by atoms with van der Waals surface area (Å²) < 4.78 is 0. The summed E-state index contributed by atoms with van der Waals surface area (Å²) in [6.45, 7) is 8.09. The van der Waals surface area contributed by atoms with Crippen LogP contribution in [0.1, 0.15) is 47.0 Å². The zero-order valence-electron chi connectivity index (χ0n) is 11.7. The third-order valence-corrected chi connectivity index (χ3v) is 3.48. The van der Waals surface area contributed by atoms with Gasteiger partial charge in [0.05, 0.1) is 6.42 Å².